The summed E-state index contributed by atoms with van der Waals surface area (Å²) < 4.78 is 38.1. The van der Waals surface area contributed by atoms with Gasteiger partial charge in [-0.05, 0) is 31.0 Å². The zero-order chi connectivity index (χ0) is 20.1. The number of rotatable bonds is 6. The molecule has 0 spiro atoms. The van der Waals surface area contributed by atoms with Crippen LogP contribution in [0.15, 0.2) is 47.4 Å². The number of nitrogens with one attached hydrogen (secondary N) is 1. The van der Waals surface area contributed by atoms with Gasteiger partial charge in [0.2, 0.25) is 10.0 Å². The van der Waals surface area contributed by atoms with E-state index in [1.54, 1.807) is 32.4 Å². The van der Waals surface area contributed by atoms with Crippen molar-refractivity contribution in [2.45, 2.75) is 23.8 Å². The maximum atomic E-state index is 13.0. The minimum atomic E-state index is -3.65. The lowest BCUT2D eigenvalue weighted by atomic mass is 10.1. The Morgan fingerprint density at radius 1 is 1.14 bits per heavy atom. The SMILES string of the molecule is COc1cc(N[C@@H]2CCCN(S(=O)(=O)c3cccc(C#N)c3)C2)cc(OC)c1. The van der Waals surface area contributed by atoms with Gasteiger partial charge in [-0.1, -0.05) is 6.07 Å². The van der Waals surface area contributed by atoms with E-state index in [1.165, 1.54) is 16.4 Å². The monoisotopic (exact) mass is 401 g/mol. The molecule has 0 amide bonds. The van der Waals surface area contributed by atoms with Crippen molar-refractivity contribution in [2.75, 3.05) is 32.6 Å². The first-order valence-electron chi connectivity index (χ1n) is 8.96. The third kappa shape index (κ3) is 4.38. The maximum Gasteiger partial charge on any atom is 0.243 e. The second kappa shape index (κ2) is 8.50. The van der Waals surface area contributed by atoms with Crippen LogP contribution < -0.4 is 14.8 Å². The number of hydrogen-bond acceptors (Lipinski definition) is 6. The van der Waals surface area contributed by atoms with E-state index in [0.29, 0.717) is 30.2 Å². The van der Waals surface area contributed by atoms with Crippen molar-refractivity contribution >= 4 is 15.7 Å². The van der Waals surface area contributed by atoms with Crippen LogP contribution in [0.25, 0.3) is 0 Å². The quantitative estimate of drug-likeness (QED) is 0.800. The number of hydrogen-bond donors (Lipinski definition) is 1. The molecule has 0 radical (unpaired) electrons. The van der Waals surface area contributed by atoms with E-state index in [1.807, 2.05) is 18.2 Å². The molecule has 0 aliphatic carbocycles. The molecule has 1 heterocycles. The summed E-state index contributed by atoms with van der Waals surface area (Å²) in [7, 11) is -0.480. The first kappa shape index (κ1) is 20.0. The van der Waals surface area contributed by atoms with Crippen LogP contribution in [0.4, 0.5) is 5.69 Å². The molecule has 0 saturated carbocycles. The minimum absolute atomic E-state index is 0.0421. The lowest BCUT2D eigenvalue weighted by Gasteiger charge is -2.33. The van der Waals surface area contributed by atoms with Gasteiger partial charge < -0.3 is 14.8 Å². The topological polar surface area (TPSA) is 91.7 Å². The predicted molar refractivity (Wildman–Crippen MR) is 106 cm³/mol. The van der Waals surface area contributed by atoms with E-state index in [0.717, 1.165) is 18.5 Å². The van der Waals surface area contributed by atoms with Crippen LogP contribution in [-0.4, -0.2) is 46.1 Å². The Hall–Kier alpha value is -2.76. The third-order valence-electron chi connectivity index (χ3n) is 4.71. The van der Waals surface area contributed by atoms with Crippen molar-refractivity contribution in [1.82, 2.24) is 4.31 Å². The predicted octanol–water partition coefficient (Wildman–Crippen LogP) is 2.84. The summed E-state index contributed by atoms with van der Waals surface area (Å²) in [5, 5.41) is 12.4. The molecule has 0 aromatic heterocycles. The number of methoxy groups -OCH3 is 2. The van der Waals surface area contributed by atoms with Crippen LogP contribution in [0.5, 0.6) is 11.5 Å². The number of ether oxygens (including phenoxy) is 2. The summed E-state index contributed by atoms with van der Waals surface area (Å²) in [6, 6.07) is 13.6. The zero-order valence-corrected chi connectivity index (χ0v) is 16.7. The van der Waals surface area contributed by atoms with Crippen molar-refractivity contribution in [1.29, 1.82) is 5.26 Å². The average molecular weight is 401 g/mol. The fourth-order valence-electron chi connectivity index (χ4n) is 3.28. The number of sulfonamides is 1. The van der Waals surface area contributed by atoms with Gasteiger partial charge in [0.15, 0.2) is 0 Å². The fourth-order valence-corrected chi connectivity index (χ4v) is 4.85. The van der Waals surface area contributed by atoms with Gasteiger partial charge >= 0.3 is 0 Å². The molecule has 0 bridgehead atoms. The smallest absolute Gasteiger partial charge is 0.243 e. The molecule has 1 fully saturated rings. The first-order valence-corrected chi connectivity index (χ1v) is 10.4. The molecule has 1 aliphatic rings. The summed E-state index contributed by atoms with van der Waals surface area (Å²) >= 11 is 0. The van der Waals surface area contributed by atoms with Crippen LogP contribution in [0.3, 0.4) is 0 Å². The number of anilines is 1. The Bertz CT molecular complexity index is 963. The molecule has 28 heavy (non-hydrogen) atoms. The van der Waals surface area contributed by atoms with Crippen LogP contribution in [0, 0.1) is 11.3 Å². The molecule has 2 aromatic rings. The molecule has 148 valence electrons. The van der Waals surface area contributed by atoms with Crippen LogP contribution in [0.1, 0.15) is 18.4 Å². The Morgan fingerprint density at radius 2 is 1.86 bits per heavy atom. The molecule has 1 atom stereocenters. The molecule has 2 aromatic carbocycles. The molecular formula is C20H23N3O4S. The zero-order valence-electron chi connectivity index (χ0n) is 15.9. The first-order chi connectivity index (χ1) is 13.5. The van der Waals surface area contributed by atoms with Crippen molar-refractivity contribution in [3.8, 4) is 17.6 Å². The van der Waals surface area contributed by atoms with Gasteiger partial charge in [-0.3, -0.25) is 0 Å². The van der Waals surface area contributed by atoms with Crippen LogP contribution in [0.2, 0.25) is 0 Å². The maximum absolute atomic E-state index is 13.0. The summed E-state index contributed by atoms with van der Waals surface area (Å²) in [5.74, 6) is 1.32. The fraction of sp³-hybridized carbons (Fsp3) is 0.350. The summed E-state index contributed by atoms with van der Waals surface area (Å²) in [6.07, 6.45) is 1.60. The van der Waals surface area contributed by atoms with E-state index < -0.39 is 10.0 Å². The highest BCUT2D eigenvalue weighted by Crippen LogP contribution is 2.28. The van der Waals surface area contributed by atoms with Crippen LogP contribution in [-0.2, 0) is 10.0 Å². The van der Waals surface area contributed by atoms with Gasteiger partial charge in [0.05, 0.1) is 30.7 Å². The second-order valence-electron chi connectivity index (χ2n) is 6.59. The Labute approximate surface area is 165 Å². The highest BCUT2D eigenvalue weighted by molar-refractivity contribution is 7.89. The minimum Gasteiger partial charge on any atom is -0.497 e. The molecule has 1 saturated heterocycles. The third-order valence-corrected chi connectivity index (χ3v) is 6.57. The van der Waals surface area contributed by atoms with Crippen LogP contribution >= 0.6 is 0 Å². The summed E-state index contributed by atoms with van der Waals surface area (Å²) in [5.41, 5.74) is 1.14. The molecule has 8 heteroatoms. The lowest BCUT2D eigenvalue weighted by molar-refractivity contribution is 0.327. The van der Waals surface area contributed by atoms with Crippen molar-refractivity contribution < 1.29 is 17.9 Å². The van der Waals surface area contributed by atoms with Gasteiger partial charge in [0, 0.05) is 43.0 Å². The summed E-state index contributed by atoms with van der Waals surface area (Å²) in [4.78, 5) is 0.148. The molecule has 7 nitrogen and oxygen atoms in total. The Morgan fingerprint density at radius 3 is 2.50 bits per heavy atom. The highest BCUT2D eigenvalue weighted by atomic mass is 32.2. The van der Waals surface area contributed by atoms with Gasteiger partial charge in [0.1, 0.15) is 11.5 Å². The van der Waals surface area contributed by atoms with Gasteiger partial charge in [-0.15, -0.1) is 0 Å². The Balaban J connectivity index is 1.78. The lowest BCUT2D eigenvalue weighted by Crippen LogP contribution is -2.45. The molecule has 1 N–H and O–H groups in total. The average Bonchev–Trinajstić information content (AvgIpc) is 2.73. The normalized spacial score (nSPS) is 17.5. The Kier molecular flexibility index (Phi) is 6.07. The largest absolute Gasteiger partial charge is 0.497 e. The molecular weight excluding hydrogens is 378 g/mol. The second-order valence-corrected chi connectivity index (χ2v) is 8.53. The van der Waals surface area contributed by atoms with E-state index in [2.05, 4.69) is 5.32 Å². The van der Waals surface area contributed by atoms with E-state index in [4.69, 9.17) is 14.7 Å². The molecule has 3 rings (SSSR count). The van der Waals surface area contributed by atoms with E-state index >= 15 is 0 Å². The number of benzene rings is 2. The number of nitriles is 1. The standard InChI is InChI=1S/C20H23N3O4S/c1-26-18-10-17(11-19(12-18)27-2)22-16-6-4-8-23(14-16)28(24,25)20-7-3-5-15(9-20)13-21/h3,5,7,9-12,16,22H,4,6,8,14H2,1-2H3/t16-/m1/s1. The van der Waals surface area contributed by atoms with E-state index in [9.17, 15) is 8.42 Å². The van der Waals surface area contributed by atoms with Gasteiger partial charge in [0.25, 0.3) is 0 Å². The number of nitrogens with zero attached hydrogens (tertiary/aromatic N) is 2. The molecule has 0 unspecified atom stereocenters. The van der Waals surface area contributed by atoms with Gasteiger partial charge in [-0.25, -0.2) is 8.42 Å². The van der Waals surface area contributed by atoms with Crippen molar-refractivity contribution in [2.24, 2.45) is 0 Å². The number of piperidine rings is 1. The van der Waals surface area contributed by atoms with Gasteiger partial charge in [-0.2, -0.15) is 9.57 Å². The highest BCUT2D eigenvalue weighted by Gasteiger charge is 2.30. The van der Waals surface area contributed by atoms with Crippen molar-refractivity contribution in [3.63, 3.8) is 0 Å². The van der Waals surface area contributed by atoms with Crippen molar-refractivity contribution in [3.05, 3.63) is 48.0 Å². The van der Waals surface area contributed by atoms with E-state index in [-0.39, 0.29) is 10.9 Å². The molecule has 1 aliphatic heterocycles. The summed E-state index contributed by atoms with van der Waals surface area (Å²) in [6.45, 7) is 0.803.